The van der Waals surface area contributed by atoms with Gasteiger partial charge in [-0.05, 0) is 45.2 Å². The van der Waals surface area contributed by atoms with E-state index < -0.39 is 0 Å². The molecular weight excluding hydrogens is 218 g/mol. The van der Waals surface area contributed by atoms with Crippen LogP contribution >= 0.6 is 11.3 Å². The first-order valence-electron chi connectivity index (χ1n) is 6.02. The normalized spacial score (nSPS) is 14.0. The van der Waals surface area contributed by atoms with Crippen LogP contribution in [0.25, 0.3) is 0 Å². The lowest BCUT2D eigenvalue weighted by atomic mass is 9.96. The van der Waals surface area contributed by atoms with E-state index in [0.717, 1.165) is 19.6 Å². The van der Waals surface area contributed by atoms with Gasteiger partial charge in [-0.1, -0.05) is 13.0 Å². The minimum Gasteiger partial charge on any atom is -0.374 e. The van der Waals surface area contributed by atoms with Crippen LogP contribution in [0.5, 0.6) is 0 Å². The van der Waals surface area contributed by atoms with Crippen molar-refractivity contribution in [1.29, 1.82) is 0 Å². The van der Waals surface area contributed by atoms with E-state index in [1.165, 1.54) is 4.88 Å². The van der Waals surface area contributed by atoms with Crippen molar-refractivity contribution in [2.24, 2.45) is 0 Å². The highest BCUT2D eigenvalue weighted by Crippen LogP contribution is 2.31. The summed E-state index contributed by atoms with van der Waals surface area (Å²) < 4.78 is 5.86. The van der Waals surface area contributed by atoms with E-state index in [1.807, 2.05) is 6.92 Å². The van der Waals surface area contributed by atoms with E-state index in [2.05, 4.69) is 43.6 Å². The molecule has 0 amide bonds. The highest BCUT2D eigenvalue weighted by Gasteiger charge is 2.31. The van der Waals surface area contributed by atoms with Gasteiger partial charge in [-0.25, -0.2) is 0 Å². The maximum Gasteiger partial charge on any atom is 0.0828 e. The molecule has 16 heavy (non-hydrogen) atoms. The maximum atomic E-state index is 5.86. The molecule has 0 saturated heterocycles. The van der Waals surface area contributed by atoms with Crippen LogP contribution < -0.4 is 5.32 Å². The van der Waals surface area contributed by atoms with Crippen molar-refractivity contribution >= 4 is 11.3 Å². The van der Waals surface area contributed by atoms with Gasteiger partial charge < -0.3 is 10.1 Å². The molecule has 0 bridgehead atoms. The summed E-state index contributed by atoms with van der Waals surface area (Å²) in [5.41, 5.74) is -0.158. The summed E-state index contributed by atoms with van der Waals surface area (Å²) in [5, 5.41) is 5.71. The first kappa shape index (κ1) is 13.7. The molecule has 0 spiro atoms. The van der Waals surface area contributed by atoms with Crippen molar-refractivity contribution in [3.63, 3.8) is 0 Å². The molecule has 0 fully saturated rings. The number of thiophene rings is 1. The Hall–Kier alpha value is -0.380. The second-order valence-electron chi connectivity index (χ2n) is 4.44. The molecule has 1 unspecified atom stereocenters. The van der Waals surface area contributed by atoms with Gasteiger partial charge in [0.1, 0.15) is 0 Å². The average molecular weight is 241 g/mol. The molecule has 1 heterocycles. The monoisotopic (exact) mass is 241 g/mol. The molecule has 0 aromatic carbocycles. The van der Waals surface area contributed by atoms with Crippen LogP contribution in [0.4, 0.5) is 0 Å². The molecule has 1 N–H and O–H groups in total. The summed E-state index contributed by atoms with van der Waals surface area (Å²) in [5.74, 6) is 0. The summed E-state index contributed by atoms with van der Waals surface area (Å²) in [4.78, 5) is 1.35. The van der Waals surface area contributed by atoms with E-state index in [1.54, 1.807) is 11.3 Å². The smallest absolute Gasteiger partial charge is 0.0828 e. The van der Waals surface area contributed by atoms with Crippen molar-refractivity contribution in [1.82, 2.24) is 5.32 Å². The maximum absolute atomic E-state index is 5.86. The Labute approximate surface area is 103 Å². The standard InChI is InChI=1S/C13H23NOS/c1-5-9-14-12(11-8-7-10-16-11)13(3,4)15-6-2/h7-8,10,12,14H,5-6,9H2,1-4H3. The van der Waals surface area contributed by atoms with Crippen LogP contribution in [0.1, 0.15) is 45.0 Å². The van der Waals surface area contributed by atoms with Gasteiger partial charge in [0.05, 0.1) is 11.6 Å². The molecule has 2 nitrogen and oxygen atoms in total. The van der Waals surface area contributed by atoms with Crippen molar-refractivity contribution in [3.05, 3.63) is 22.4 Å². The molecule has 0 radical (unpaired) electrons. The summed E-state index contributed by atoms with van der Waals surface area (Å²) >= 11 is 1.79. The molecule has 0 aliphatic heterocycles. The topological polar surface area (TPSA) is 21.3 Å². The van der Waals surface area contributed by atoms with Gasteiger partial charge in [0.2, 0.25) is 0 Å². The molecule has 0 saturated carbocycles. The first-order valence-corrected chi connectivity index (χ1v) is 6.90. The zero-order valence-electron chi connectivity index (χ0n) is 10.7. The second-order valence-corrected chi connectivity index (χ2v) is 5.42. The molecule has 0 aliphatic carbocycles. The Morgan fingerprint density at radius 1 is 1.44 bits per heavy atom. The molecule has 1 rings (SSSR count). The fourth-order valence-corrected chi connectivity index (χ4v) is 2.86. The number of rotatable bonds is 7. The van der Waals surface area contributed by atoms with Gasteiger partial charge in [0.25, 0.3) is 0 Å². The fourth-order valence-electron chi connectivity index (χ4n) is 1.89. The summed E-state index contributed by atoms with van der Waals surface area (Å²) in [6, 6.07) is 4.56. The third kappa shape index (κ3) is 3.58. The van der Waals surface area contributed by atoms with Crippen LogP contribution in [0, 0.1) is 0 Å². The fraction of sp³-hybridized carbons (Fsp3) is 0.692. The van der Waals surface area contributed by atoms with Crippen LogP contribution in [0.2, 0.25) is 0 Å². The van der Waals surface area contributed by atoms with Crippen molar-refractivity contribution in [2.75, 3.05) is 13.2 Å². The second kappa shape index (κ2) is 6.38. The Bertz CT molecular complexity index is 282. The summed E-state index contributed by atoms with van der Waals surface area (Å²) in [6.07, 6.45) is 1.14. The third-order valence-corrected chi connectivity index (χ3v) is 3.57. The van der Waals surface area contributed by atoms with Crippen molar-refractivity contribution in [2.45, 2.75) is 45.8 Å². The predicted molar refractivity (Wildman–Crippen MR) is 71.1 cm³/mol. The number of hydrogen-bond donors (Lipinski definition) is 1. The average Bonchev–Trinajstić information content (AvgIpc) is 2.71. The van der Waals surface area contributed by atoms with Crippen LogP contribution in [0.15, 0.2) is 17.5 Å². The summed E-state index contributed by atoms with van der Waals surface area (Å²) in [7, 11) is 0. The molecule has 1 aromatic rings. The lowest BCUT2D eigenvalue weighted by molar-refractivity contribution is -0.0383. The molecule has 92 valence electrons. The van der Waals surface area contributed by atoms with E-state index in [4.69, 9.17) is 4.74 Å². The number of hydrogen-bond acceptors (Lipinski definition) is 3. The van der Waals surface area contributed by atoms with Gasteiger partial charge in [0.15, 0.2) is 0 Å². The van der Waals surface area contributed by atoms with Gasteiger partial charge in [-0.2, -0.15) is 0 Å². The van der Waals surface area contributed by atoms with Crippen molar-refractivity contribution in [3.8, 4) is 0 Å². The Morgan fingerprint density at radius 2 is 2.19 bits per heavy atom. The molecular formula is C13H23NOS. The molecule has 1 aromatic heterocycles. The first-order chi connectivity index (χ1) is 7.61. The molecule has 0 aliphatic rings. The number of ether oxygens (including phenoxy) is 1. The van der Waals surface area contributed by atoms with Gasteiger partial charge in [-0.15, -0.1) is 11.3 Å². The van der Waals surface area contributed by atoms with Gasteiger partial charge >= 0.3 is 0 Å². The largest absolute Gasteiger partial charge is 0.374 e. The van der Waals surface area contributed by atoms with Crippen LogP contribution in [0.3, 0.4) is 0 Å². The Balaban J connectivity index is 2.78. The Morgan fingerprint density at radius 3 is 2.69 bits per heavy atom. The minimum atomic E-state index is -0.158. The van der Waals surface area contributed by atoms with Gasteiger partial charge in [-0.3, -0.25) is 0 Å². The van der Waals surface area contributed by atoms with Crippen LogP contribution in [-0.4, -0.2) is 18.8 Å². The highest BCUT2D eigenvalue weighted by atomic mass is 32.1. The number of nitrogens with one attached hydrogen (secondary N) is 1. The van der Waals surface area contributed by atoms with E-state index in [0.29, 0.717) is 0 Å². The predicted octanol–water partition coefficient (Wildman–Crippen LogP) is 3.60. The molecule has 3 heteroatoms. The SMILES string of the molecule is CCCNC(c1cccs1)C(C)(C)OCC. The van der Waals surface area contributed by atoms with E-state index in [9.17, 15) is 0 Å². The minimum absolute atomic E-state index is 0.158. The lowest BCUT2D eigenvalue weighted by Gasteiger charge is -2.34. The lowest BCUT2D eigenvalue weighted by Crippen LogP contribution is -2.41. The van der Waals surface area contributed by atoms with Crippen molar-refractivity contribution < 1.29 is 4.74 Å². The summed E-state index contributed by atoms with van der Waals surface area (Å²) in [6.45, 7) is 10.3. The Kier molecular flexibility index (Phi) is 5.46. The quantitative estimate of drug-likeness (QED) is 0.787. The molecule has 1 atom stereocenters. The van der Waals surface area contributed by atoms with E-state index in [-0.39, 0.29) is 11.6 Å². The highest BCUT2D eigenvalue weighted by molar-refractivity contribution is 7.10. The van der Waals surface area contributed by atoms with Crippen LogP contribution in [-0.2, 0) is 4.74 Å². The third-order valence-electron chi connectivity index (χ3n) is 2.64. The zero-order chi connectivity index (χ0) is 12.0. The van der Waals surface area contributed by atoms with E-state index >= 15 is 0 Å². The zero-order valence-corrected chi connectivity index (χ0v) is 11.6. The van der Waals surface area contributed by atoms with Gasteiger partial charge in [0, 0.05) is 11.5 Å².